The first-order valence-electron chi connectivity index (χ1n) is 19.5. The van der Waals surface area contributed by atoms with E-state index in [1.54, 1.807) is 24.4 Å². The van der Waals surface area contributed by atoms with Crippen molar-refractivity contribution in [2.45, 2.75) is 44.4 Å². The van der Waals surface area contributed by atoms with Crippen molar-refractivity contribution in [3.8, 4) is 16.9 Å². The minimum atomic E-state index is -4.36. The van der Waals surface area contributed by atoms with Gasteiger partial charge in [-0.1, -0.05) is 12.1 Å². The number of benzene rings is 3. The molecule has 4 aliphatic heterocycles. The van der Waals surface area contributed by atoms with Crippen molar-refractivity contribution < 1.29 is 45.5 Å². The number of H-pyrrole nitrogens is 1. The maximum Gasteiger partial charge on any atom is 0.301 e. The highest BCUT2D eigenvalue weighted by Gasteiger charge is 2.39. The van der Waals surface area contributed by atoms with Crippen molar-refractivity contribution in [1.82, 2.24) is 24.5 Å². The minimum Gasteiger partial charge on any atom is -0.493 e. The molecule has 0 spiro atoms. The van der Waals surface area contributed by atoms with Gasteiger partial charge >= 0.3 is 10.2 Å². The van der Waals surface area contributed by atoms with E-state index in [-0.39, 0.29) is 49.2 Å². The first kappa shape index (κ1) is 39.2. The summed E-state index contributed by atoms with van der Waals surface area (Å²) >= 11 is 0. The van der Waals surface area contributed by atoms with Crippen LogP contribution in [-0.4, -0.2) is 96.1 Å². The molecule has 0 saturated carbocycles. The fourth-order valence-corrected chi connectivity index (χ4v) is 9.62. The van der Waals surface area contributed by atoms with E-state index < -0.39 is 63.5 Å². The second kappa shape index (κ2) is 15.4. The number of aromatic nitrogens is 2. The van der Waals surface area contributed by atoms with Crippen LogP contribution in [0.4, 0.5) is 24.5 Å². The molecule has 3 amide bonds. The van der Waals surface area contributed by atoms with E-state index in [1.807, 2.05) is 35.1 Å². The molecule has 3 N–H and O–H groups in total. The van der Waals surface area contributed by atoms with Gasteiger partial charge in [-0.25, -0.2) is 18.2 Å². The van der Waals surface area contributed by atoms with Gasteiger partial charge in [-0.3, -0.25) is 29.2 Å². The number of anilines is 2. The van der Waals surface area contributed by atoms with Crippen molar-refractivity contribution in [3.63, 3.8) is 0 Å². The standard InChI is InChI=1S/C42H38F3N7O7S/c43-27-12-14-51(21-27)60(57,58)49-34-8-7-33(44)37(38(34)45)39(54)32-18-47-40-31(32)16-25(17-46-40)24-1-3-28(4-2-24)50-13-11-23(19-50)22-59-29-5-6-30-26(15-29)20-52(42(30)56)35-9-10-36(53)48-41(35)55/h1-8,15-18,23,27,35,49H,9-14,19-22H2,(H,46,47)(H,48,53,55)/t23-,27+,35?/m0/s1. The lowest BCUT2D eigenvalue weighted by Gasteiger charge is -2.29. The number of halogens is 3. The van der Waals surface area contributed by atoms with E-state index in [9.17, 15) is 32.0 Å². The number of ketones is 1. The van der Waals surface area contributed by atoms with Gasteiger partial charge in [0.1, 0.15) is 29.4 Å². The van der Waals surface area contributed by atoms with Crippen LogP contribution in [0.5, 0.6) is 5.75 Å². The third kappa shape index (κ3) is 7.33. The molecule has 310 valence electrons. The predicted molar refractivity (Wildman–Crippen MR) is 213 cm³/mol. The van der Waals surface area contributed by atoms with Gasteiger partial charge in [0.25, 0.3) is 5.91 Å². The van der Waals surface area contributed by atoms with Crippen LogP contribution >= 0.6 is 0 Å². The normalized spacial score (nSPS) is 20.9. The number of piperidine rings is 1. The van der Waals surface area contributed by atoms with Crippen LogP contribution in [0, 0.1) is 17.6 Å². The smallest absolute Gasteiger partial charge is 0.301 e. The van der Waals surface area contributed by atoms with E-state index >= 15 is 8.78 Å². The number of fused-ring (bicyclic) bond motifs is 2. The van der Waals surface area contributed by atoms with Crippen LogP contribution in [0.15, 0.2) is 73.1 Å². The molecule has 3 atom stereocenters. The molecule has 60 heavy (non-hydrogen) atoms. The summed E-state index contributed by atoms with van der Waals surface area (Å²) in [5.74, 6) is -3.75. The summed E-state index contributed by atoms with van der Waals surface area (Å²) in [6.45, 7) is 1.80. The van der Waals surface area contributed by atoms with Crippen molar-refractivity contribution in [1.29, 1.82) is 0 Å². The Morgan fingerprint density at radius 1 is 0.950 bits per heavy atom. The van der Waals surface area contributed by atoms with E-state index in [0.29, 0.717) is 40.9 Å². The Morgan fingerprint density at radius 3 is 2.53 bits per heavy atom. The molecule has 0 radical (unpaired) electrons. The summed E-state index contributed by atoms with van der Waals surface area (Å²) in [5.41, 5.74) is 2.36. The number of nitrogens with one attached hydrogen (secondary N) is 3. The van der Waals surface area contributed by atoms with E-state index in [4.69, 9.17) is 4.74 Å². The molecule has 9 rings (SSSR count). The molecule has 6 heterocycles. The van der Waals surface area contributed by atoms with Gasteiger partial charge in [-0.2, -0.15) is 12.7 Å². The van der Waals surface area contributed by atoms with E-state index in [1.165, 1.54) is 11.1 Å². The zero-order valence-electron chi connectivity index (χ0n) is 31.9. The lowest BCUT2D eigenvalue weighted by molar-refractivity contribution is -0.136. The lowest BCUT2D eigenvalue weighted by atomic mass is 9.99. The van der Waals surface area contributed by atoms with E-state index in [0.717, 1.165) is 52.8 Å². The number of amides is 3. The highest BCUT2D eigenvalue weighted by atomic mass is 32.2. The maximum atomic E-state index is 15.7. The third-order valence-corrected chi connectivity index (χ3v) is 13.1. The Labute approximate surface area is 341 Å². The van der Waals surface area contributed by atoms with Crippen LogP contribution in [0.1, 0.15) is 57.5 Å². The largest absolute Gasteiger partial charge is 0.493 e. The zero-order valence-corrected chi connectivity index (χ0v) is 32.7. The summed E-state index contributed by atoms with van der Waals surface area (Å²) in [5, 5.41) is 2.62. The Balaban J connectivity index is 0.842. The van der Waals surface area contributed by atoms with Gasteiger partial charge in [0, 0.05) is 85.2 Å². The van der Waals surface area contributed by atoms with Crippen LogP contribution < -0.4 is 19.7 Å². The minimum absolute atomic E-state index is 0.00423. The SMILES string of the molecule is O=C1CCC(N2Cc3cc(OC[C@H]4CCN(c5ccc(-c6cnc7[nH]cc(C(=O)c8c(F)ccc(NS(=O)(=O)N9CC[C@@H](F)C9)c8F)c7c6)cc5)C4)ccc3C2=O)C(=O)N1. The first-order chi connectivity index (χ1) is 28.8. The summed E-state index contributed by atoms with van der Waals surface area (Å²) in [4.78, 5) is 61.8. The topological polar surface area (TPSA) is 174 Å². The number of imide groups is 1. The molecule has 0 aliphatic carbocycles. The average molecular weight is 842 g/mol. The van der Waals surface area contributed by atoms with Gasteiger partial charge in [0.05, 0.1) is 17.9 Å². The van der Waals surface area contributed by atoms with Crippen molar-refractivity contribution in [2.24, 2.45) is 5.92 Å². The molecule has 4 aliphatic rings. The zero-order chi connectivity index (χ0) is 41.9. The number of pyridine rings is 1. The Hall–Kier alpha value is -6.27. The maximum absolute atomic E-state index is 15.7. The number of nitrogens with zero attached hydrogens (tertiary/aromatic N) is 4. The summed E-state index contributed by atoms with van der Waals surface area (Å²) in [6, 6.07) is 15.8. The van der Waals surface area contributed by atoms with Gasteiger partial charge in [-0.15, -0.1) is 0 Å². The summed E-state index contributed by atoms with van der Waals surface area (Å²) < 4.78 is 79.1. The number of carbonyl (C=O) groups excluding carboxylic acids is 4. The van der Waals surface area contributed by atoms with Crippen molar-refractivity contribution in [2.75, 3.05) is 42.4 Å². The second-order valence-electron chi connectivity index (χ2n) is 15.5. The van der Waals surface area contributed by atoms with Gasteiger partial charge in [0.15, 0.2) is 5.82 Å². The molecular formula is C42H38F3N7O7S. The van der Waals surface area contributed by atoms with Crippen LogP contribution in [0.25, 0.3) is 22.2 Å². The lowest BCUT2D eigenvalue weighted by Crippen LogP contribution is -2.52. The molecular weight excluding hydrogens is 804 g/mol. The molecule has 1 unspecified atom stereocenters. The molecule has 14 nitrogen and oxygen atoms in total. The molecule has 3 saturated heterocycles. The number of hydrogen-bond acceptors (Lipinski definition) is 9. The molecule has 18 heteroatoms. The van der Waals surface area contributed by atoms with Crippen LogP contribution in [0.3, 0.4) is 0 Å². The number of ether oxygens (including phenoxy) is 1. The molecule has 0 bridgehead atoms. The van der Waals surface area contributed by atoms with Gasteiger partial charge in [-0.05, 0) is 78.9 Å². The van der Waals surface area contributed by atoms with E-state index in [2.05, 4.69) is 20.2 Å². The summed E-state index contributed by atoms with van der Waals surface area (Å²) in [6.07, 6.45) is 2.93. The second-order valence-corrected chi connectivity index (χ2v) is 17.1. The Kier molecular flexibility index (Phi) is 10.1. The Bertz CT molecular complexity index is 2690. The van der Waals surface area contributed by atoms with Crippen LogP contribution in [-0.2, 0) is 26.3 Å². The fraction of sp³-hybridized carbons (Fsp3) is 0.310. The highest BCUT2D eigenvalue weighted by molar-refractivity contribution is 7.90. The third-order valence-electron chi connectivity index (χ3n) is 11.6. The number of aromatic amines is 1. The van der Waals surface area contributed by atoms with Gasteiger partial charge < -0.3 is 19.5 Å². The van der Waals surface area contributed by atoms with Gasteiger partial charge in [0.2, 0.25) is 17.6 Å². The quantitative estimate of drug-likeness (QED) is 0.121. The molecule has 2 aromatic heterocycles. The highest BCUT2D eigenvalue weighted by Crippen LogP contribution is 2.34. The Morgan fingerprint density at radius 2 is 1.77 bits per heavy atom. The number of hydrogen-bond donors (Lipinski definition) is 3. The van der Waals surface area contributed by atoms with Crippen LogP contribution in [0.2, 0.25) is 0 Å². The monoisotopic (exact) mass is 841 g/mol. The number of rotatable bonds is 11. The molecule has 5 aromatic rings. The first-order valence-corrected chi connectivity index (χ1v) is 20.9. The fourth-order valence-electron chi connectivity index (χ4n) is 8.36. The number of alkyl halides is 1. The molecule has 3 aromatic carbocycles. The summed E-state index contributed by atoms with van der Waals surface area (Å²) in [7, 11) is -4.36. The van der Waals surface area contributed by atoms with Crippen molar-refractivity contribution >= 4 is 56.1 Å². The van der Waals surface area contributed by atoms with Crippen molar-refractivity contribution in [3.05, 3.63) is 107 Å². The number of carbonyl (C=O) groups is 4. The predicted octanol–water partition coefficient (Wildman–Crippen LogP) is 5.11. The average Bonchev–Trinajstić information content (AvgIpc) is 4.05. The molecule has 3 fully saturated rings.